The topological polar surface area (TPSA) is 116 Å². The van der Waals surface area contributed by atoms with Crippen molar-refractivity contribution in [1.82, 2.24) is 0 Å². The van der Waals surface area contributed by atoms with E-state index in [1.54, 1.807) is 24.3 Å². The highest BCUT2D eigenvalue weighted by molar-refractivity contribution is 6.33. The molecule has 0 saturated heterocycles. The van der Waals surface area contributed by atoms with Gasteiger partial charge in [-0.1, -0.05) is 11.6 Å². The van der Waals surface area contributed by atoms with E-state index in [9.17, 15) is 24.5 Å². The highest BCUT2D eigenvalue weighted by atomic mass is 35.5. The van der Waals surface area contributed by atoms with Crippen LogP contribution in [0.4, 0.5) is 11.4 Å². The standard InChI is InChI=1S/C18H15ClN2O6/c1-10(22)12-3-5-13(6-4-12)20-17(23)11(2)27-18(24)15-9-14(21(25)26)7-8-16(15)19/h3-9,11H,1-2H3,(H,20,23)/t11-/m0/s1. The van der Waals surface area contributed by atoms with Gasteiger partial charge in [0.2, 0.25) is 0 Å². The number of nitrogens with one attached hydrogen (secondary N) is 1. The lowest BCUT2D eigenvalue weighted by Gasteiger charge is -2.14. The molecule has 0 aliphatic heterocycles. The number of benzene rings is 2. The summed E-state index contributed by atoms with van der Waals surface area (Å²) in [7, 11) is 0. The SMILES string of the molecule is CC(=O)c1ccc(NC(=O)[C@H](C)OC(=O)c2cc([N+](=O)[O-])ccc2Cl)cc1. The van der Waals surface area contributed by atoms with E-state index in [4.69, 9.17) is 16.3 Å². The molecule has 9 heteroatoms. The van der Waals surface area contributed by atoms with Crippen molar-refractivity contribution in [2.24, 2.45) is 0 Å². The van der Waals surface area contributed by atoms with Crippen LogP contribution >= 0.6 is 11.6 Å². The predicted octanol–water partition coefficient (Wildman–Crippen LogP) is 3.63. The van der Waals surface area contributed by atoms with Gasteiger partial charge in [-0.15, -0.1) is 0 Å². The number of rotatable bonds is 6. The number of carbonyl (C=O) groups is 3. The van der Waals surface area contributed by atoms with E-state index in [-0.39, 0.29) is 22.1 Å². The maximum Gasteiger partial charge on any atom is 0.340 e. The monoisotopic (exact) mass is 390 g/mol. The average molecular weight is 391 g/mol. The number of nitro benzene ring substituents is 1. The van der Waals surface area contributed by atoms with Crippen LogP contribution in [0.25, 0.3) is 0 Å². The second-order valence-electron chi connectivity index (χ2n) is 5.59. The smallest absolute Gasteiger partial charge is 0.340 e. The molecule has 0 saturated carbocycles. The van der Waals surface area contributed by atoms with Gasteiger partial charge in [-0.05, 0) is 44.2 Å². The highest BCUT2D eigenvalue weighted by Crippen LogP contribution is 2.23. The van der Waals surface area contributed by atoms with Crippen molar-refractivity contribution in [2.45, 2.75) is 20.0 Å². The Hall–Kier alpha value is -3.26. The van der Waals surface area contributed by atoms with E-state index in [2.05, 4.69) is 5.32 Å². The lowest BCUT2D eigenvalue weighted by Crippen LogP contribution is -2.30. The average Bonchev–Trinajstić information content (AvgIpc) is 2.62. The molecule has 2 rings (SSSR count). The molecule has 0 radical (unpaired) electrons. The molecular weight excluding hydrogens is 376 g/mol. The van der Waals surface area contributed by atoms with Crippen LogP contribution in [0.1, 0.15) is 34.6 Å². The Morgan fingerprint density at radius 2 is 1.78 bits per heavy atom. The van der Waals surface area contributed by atoms with Crippen LogP contribution in [0.15, 0.2) is 42.5 Å². The van der Waals surface area contributed by atoms with Gasteiger partial charge < -0.3 is 10.1 Å². The minimum atomic E-state index is -1.18. The number of hydrogen-bond donors (Lipinski definition) is 1. The predicted molar refractivity (Wildman–Crippen MR) is 98.1 cm³/mol. The molecule has 0 bridgehead atoms. The molecule has 27 heavy (non-hydrogen) atoms. The number of non-ortho nitro benzene ring substituents is 1. The molecule has 8 nitrogen and oxygen atoms in total. The summed E-state index contributed by atoms with van der Waals surface area (Å²) in [4.78, 5) is 45.7. The Kier molecular flexibility index (Phi) is 6.25. The first kappa shape index (κ1) is 20.1. The van der Waals surface area contributed by atoms with E-state index in [1.165, 1.54) is 19.9 Å². The van der Waals surface area contributed by atoms with Crippen LogP contribution in [0.5, 0.6) is 0 Å². The molecule has 0 heterocycles. The molecule has 140 valence electrons. The second kappa shape index (κ2) is 8.41. The van der Waals surface area contributed by atoms with E-state index in [0.29, 0.717) is 11.3 Å². The van der Waals surface area contributed by atoms with E-state index < -0.39 is 22.9 Å². The van der Waals surface area contributed by atoms with Gasteiger partial charge in [0.05, 0.1) is 15.5 Å². The fraction of sp³-hybridized carbons (Fsp3) is 0.167. The zero-order chi connectivity index (χ0) is 20.1. The maximum atomic E-state index is 12.2. The number of anilines is 1. The fourth-order valence-corrected chi connectivity index (χ4v) is 2.29. The normalized spacial score (nSPS) is 11.4. The summed E-state index contributed by atoms with van der Waals surface area (Å²) in [6.45, 7) is 2.77. The molecule has 0 aliphatic rings. The number of halogens is 1. The Morgan fingerprint density at radius 1 is 1.15 bits per heavy atom. The quantitative estimate of drug-likeness (QED) is 0.348. The number of carbonyl (C=O) groups excluding carboxylic acids is 3. The molecule has 1 amide bonds. The summed E-state index contributed by atoms with van der Waals surface area (Å²) in [6, 6.07) is 9.53. The molecule has 0 aromatic heterocycles. The molecule has 2 aromatic rings. The van der Waals surface area contributed by atoms with Crippen LogP contribution in [0, 0.1) is 10.1 Å². The van der Waals surface area contributed by atoms with Gasteiger partial charge in [0.25, 0.3) is 11.6 Å². The van der Waals surface area contributed by atoms with Gasteiger partial charge in [0.15, 0.2) is 11.9 Å². The lowest BCUT2D eigenvalue weighted by atomic mass is 10.1. The van der Waals surface area contributed by atoms with Gasteiger partial charge in [0, 0.05) is 23.4 Å². The van der Waals surface area contributed by atoms with Crippen molar-refractivity contribution in [3.8, 4) is 0 Å². The number of amides is 1. The highest BCUT2D eigenvalue weighted by Gasteiger charge is 2.22. The number of ketones is 1. The molecule has 0 fully saturated rings. The third-order valence-electron chi connectivity index (χ3n) is 3.59. The minimum absolute atomic E-state index is 0.0296. The van der Waals surface area contributed by atoms with Gasteiger partial charge in [-0.2, -0.15) is 0 Å². The number of nitrogens with zero attached hydrogens (tertiary/aromatic N) is 1. The van der Waals surface area contributed by atoms with Crippen LogP contribution in [0.2, 0.25) is 5.02 Å². The Balaban J connectivity index is 2.05. The van der Waals surface area contributed by atoms with Crippen molar-refractivity contribution in [1.29, 1.82) is 0 Å². The Morgan fingerprint density at radius 3 is 2.33 bits per heavy atom. The van der Waals surface area contributed by atoms with E-state index in [1.807, 2.05) is 0 Å². The summed E-state index contributed by atoms with van der Waals surface area (Å²) in [5, 5.41) is 13.3. The van der Waals surface area contributed by atoms with Crippen LogP contribution in [-0.4, -0.2) is 28.7 Å². The third-order valence-corrected chi connectivity index (χ3v) is 3.92. The van der Waals surface area contributed by atoms with Crippen molar-refractivity contribution >= 4 is 40.6 Å². The summed E-state index contributed by atoms with van der Waals surface area (Å²) in [6.07, 6.45) is -1.18. The van der Waals surface area contributed by atoms with Crippen LogP contribution in [-0.2, 0) is 9.53 Å². The largest absolute Gasteiger partial charge is 0.449 e. The number of hydrogen-bond acceptors (Lipinski definition) is 6. The zero-order valence-electron chi connectivity index (χ0n) is 14.4. The van der Waals surface area contributed by atoms with Crippen molar-refractivity contribution in [3.63, 3.8) is 0 Å². The molecule has 0 spiro atoms. The molecule has 1 N–H and O–H groups in total. The van der Waals surface area contributed by atoms with Gasteiger partial charge >= 0.3 is 5.97 Å². The summed E-state index contributed by atoms with van der Waals surface area (Å²) in [5.41, 5.74) is 0.374. The van der Waals surface area contributed by atoms with E-state index >= 15 is 0 Å². The van der Waals surface area contributed by atoms with Gasteiger partial charge in [-0.25, -0.2) is 4.79 Å². The summed E-state index contributed by atoms with van der Waals surface area (Å²) >= 11 is 5.88. The number of Topliss-reactive ketones (excluding diaryl/α,β-unsaturated/α-hetero) is 1. The Labute approximate surface area is 159 Å². The number of ether oxygens (including phenoxy) is 1. The number of nitro groups is 1. The third kappa shape index (κ3) is 5.11. The van der Waals surface area contributed by atoms with Gasteiger partial charge in [-0.3, -0.25) is 19.7 Å². The van der Waals surface area contributed by atoms with Gasteiger partial charge in [0.1, 0.15) is 0 Å². The molecule has 0 unspecified atom stereocenters. The van der Waals surface area contributed by atoms with E-state index in [0.717, 1.165) is 12.1 Å². The number of esters is 1. The fourth-order valence-electron chi connectivity index (χ4n) is 2.09. The first-order valence-electron chi connectivity index (χ1n) is 7.76. The summed E-state index contributed by atoms with van der Waals surface area (Å²) < 4.78 is 5.04. The maximum absolute atomic E-state index is 12.2. The minimum Gasteiger partial charge on any atom is -0.449 e. The lowest BCUT2D eigenvalue weighted by molar-refractivity contribution is -0.384. The van der Waals surface area contributed by atoms with Crippen LogP contribution < -0.4 is 5.32 Å². The Bertz CT molecular complexity index is 911. The molecular formula is C18H15ClN2O6. The van der Waals surface area contributed by atoms with Crippen LogP contribution in [0.3, 0.4) is 0 Å². The first-order chi connectivity index (χ1) is 12.7. The van der Waals surface area contributed by atoms with Crippen molar-refractivity contribution < 1.29 is 24.0 Å². The molecule has 2 aromatic carbocycles. The van der Waals surface area contributed by atoms with Crippen molar-refractivity contribution in [2.75, 3.05) is 5.32 Å². The second-order valence-corrected chi connectivity index (χ2v) is 6.00. The molecule has 0 aliphatic carbocycles. The van der Waals surface area contributed by atoms with Crippen molar-refractivity contribution in [3.05, 3.63) is 68.7 Å². The molecule has 1 atom stereocenters. The summed E-state index contributed by atoms with van der Waals surface area (Å²) in [5.74, 6) is -1.68. The zero-order valence-corrected chi connectivity index (χ0v) is 15.1. The first-order valence-corrected chi connectivity index (χ1v) is 8.13.